The van der Waals surface area contributed by atoms with E-state index in [4.69, 9.17) is 14.6 Å². The third kappa shape index (κ3) is 3.33. The van der Waals surface area contributed by atoms with Gasteiger partial charge in [-0.3, -0.25) is 0 Å². The molecule has 17 heavy (non-hydrogen) atoms. The highest BCUT2D eigenvalue weighted by Gasteiger charge is 2.22. The minimum atomic E-state index is 0.220. The van der Waals surface area contributed by atoms with E-state index in [0.717, 1.165) is 25.7 Å². The zero-order valence-electron chi connectivity index (χ0n) is 10.1. The maximum Gasteiger partial charge on any atom is 0.216 e. The van der Waals surface area contributed by atoms with Gasteiger partial charge >= 0.3 is 0 Å². The zero-order chi connectivity index (χ0) is 12.1. The van der Waals surface area contributed by atoms with Crippen LogP contribution in [0.25, 0.3) is 0 Å². The Morgan fingerprint density at radius 3 is 2.59 bits per heavy atom. The van der Waals surface area contributed by atoms with Crippen LogP contribution in [0.4, 0.5) is 0 Å². The number of pyridine rings is 1. The standard InChI is InChI=1S/C13H19NO3/c1-16-12-3-2-4-13(14-12)17-11-7-5-10(9-15)6-8-11/h2-4,10-11,15H,5-9H2,1H3. The van der Waals surface area contributed by atoms with Gasteiger partial charge in [0, 0.05) is 18.7 Å². The molecule has 0 spiro atoms. The van der Waals surface area contributed by atoms with Crippen LogP contribution < -0.4 is 9.47 Å². The van der Waals surface area contributed by atoms with E-state index in [2.05, 4.69) is 4.98 Å². The van der Waals surface area contributed by atoms with Crippen molar-refractivity contribution in [1.82, 2.24) is 4.98 Å². The van der Waals surface area contributed by atoms with Crippen LogP contribution in [-0.4, -0.2) is 29.9 Å². The molecule has 2 rings (SSSR count). The normalized spacial score (nSPS) is 24.4. The highest BCUT2D eigenvalue weighted by atomic mass is 16.5. The molecular weight excluding hydrogens is 218 g/mol. The summed E-state index contributed by atoms with van der Waals surface area (Å²) in [7, 11) is 1.60. The van der Waals surface area contributed by atoms with E-state index in [0.29, 0.717) is 24.3 Å². The minimum Gasteiger partial charge on any atom is -0.481 e. The average Bonchev–Trinajstić information content (AvgIpc) is 2.40. The van der Waals surface area contributed by atoms with E-state index >= 15 is 0 Å². The number of rotatable bonds is 4. The predicted molar refractivity (Wildman–Crippen MR) is 64.2 cm³/mol. The molecule has 1 N–H and O–H groups in total. The van der Waals surface area contributed by atoms with Crippen LogP contribution >= 0.6 is 0 Å². The molecule has 0 radical (unpaired) electrons. The monoisotopic (exact) mass is 237 g/mol. The third-order valence-corrected chi connectivity index (χ3v) is 3.25. The van der Waals surface area contributed by atoms with Crippen LogP contribution in [-0.2, 0) is 0 Å². The van der Waals surface area contributed by atoms with Crippen LogP contribution in [0.1, 0.15) is 25.7 Å². The van der Waals surface area contributed by atoms with Gasteiger partial charge in [0.25, 0.3) is 0 Å². The lowest BCUT2D eigenvalue weighted by molar-refractivity contribution is 0.1000. The second-order valence-electron chi connectivity index (χ2n) is 4.46. The van der Waals surface area contributed by atoms with Crippen LogP contribution in [0.3, 0.4) is 0 Å². The molecular formula is C13H19NO3. The molecule has 0 atom stereocenters. The van der Waals surface area contributed by atoms with Crippen molar-refractivity contribution in [3.63, 3.8) is 0 Å². The first-order valence-electron chi connectivity index (χ1n) is 6.10. The van der Waals surface area contributed by atoms with Crippen LogP contribution in [0, 0.1) is 5.92 Å². The Morgan fingerprint density at radius 1 is 1.24 bits per heavy atom. The molecule has 1 aromatic rings. The van der Waals surface area contributed by atoms with Gasteiger partial charge in [0.1, 0.15) is 6.10 Å². The summed E-state index contributed by atoms with van der Waals surface area (Å²) < 4.78 is 10.9. The first-order valence-corrected chi connectivity index (χ1v) is 6.10. The van der Waals surface area contributed by atoms with Gasteiger partial charge in [-0.25, -0.2) is 0 Å². The number of aliphatic hydroxyl groups is 1. The number of aromatic nitrogens is 1. The molecule has 1 aliphatic rings. The van der Waals surface area contributed by atoms with Crippen molar-refractivity contribution in [2.45, 2.75) is 31.8 Å². The topological polar surface area (TPSA) is 51.6 Å². The summed E-state index contributed by atoms with van der Waals surface area (Å²) in [5, 5.41) is 9.07. The van der Waals surface area contributed by atoms with E-state index < -0.39 is 0 Å². The van der Waals surface area contributed by atoms with E-state index in [1.807, 2.05) is 12.1 Å². The van der Waals surface area contributed by atoms with Gasteiger partial charge in [-0.2, -0.15) is 4.98 Å². The Balaban J connectivity index is 1.88. The predicted octanol–water partition coefficient (Wildman–Crippen LogP) is 2.02. The highest BCUT2D eigenvalue weighted by Crippen LogP contribution is 2.27. The number of aliphatic hydroxyl groups excluding tert-OH is 1. The van der Waals surface area contributed by atoms with Gasteiger partial charge in [-0.1, -0.05) is 6.07 Å². The van der Waals surface area contributed by atoms with Crippen molar-refractivity contribution in [3.05, 3.63) is 18.2 Å². The summed E-state index contributed by atoms with van der Waals surface area (Å²) in [5.41, 5.74) is 0. The van der Waals surface area contributed by atoms with Crippen LogP contribution in [0.5, 0.6) is 11.8 Å². The zero-order valence-corrected chi connectivity index (χ0v) is 10.1. The van der Waals surface area contributed by atoms with E-state index in [9.17, 15) is 0 Å². The van der Waals surface area contributed by atoms with E-state index in [1.165, 1.54) is 0 Å². The van der Waals surface area contributed by atoms with Crippen molar-refractivity contribution < 1.29 is 14.6 Å². The summed E-state index contributed by atoms with van der Waals surface area (Å²) in [5.74, 6) is 1.65. The van der Waals surface area contributed by atoms with Crippen molar-refractivity contribution in [2.75, 3.05) is 13.7 Å². The molecule has 1 aromatic heterocycles. The number of ether oxygens (including phenoxy) is 2. The summed E-state index contributed by atoms with van der Waals surface area (Å²) in [4.78, 5) is 4.23. The molecule has 0 saturated heterocycles. The molecule has 0 aliphatic heterocycles. The van der Waals surface area contributed by atoms with Crippen molar-refractivity contribution in [1.29, 1.82) is 0 Å². The maximum absolute atomic E-state index is 9.07. The molecule has 94 valence electrons. The van der Waals surface area contributed by atoms with Crippen LogP contribution in [0.15, 0.2) is 18.2 Å². The maximum atomic E-state index is 9.07. The fourth-order valence-corrected chi connectivity index (χ4v) is 2.18. The molecule has 1 saturated carbocycles. The average molecular weight is 237 g/mol. The molecule has 4 nitrogen and oxygen atoms in total. The molecule has 0 bridgehead atoms. The fourth-order valence-electron chi connectivity index (χ4n) is 2.18. The van der Waals surface area contributed by atoms with Gasteiger partial charge in [0.15, 0.2) is 0 Å². The van der Waals surface area contributed by atoms with E-state index in [1.54, 1.807) is 13.2 Å². The highest BCUT2D eigenvalue weighted by molar-refractivity contribution is 5.19. The number of hydrogen-bond donors (Lipinski definition) is 1. The van der Waals surface area contributed by atoms with Gasteiger partial charge in [-0.05, 0) is 31.6 Å². The lowest BCUT2D eigenvalue weighted by Crippen LogP contribution is -2.25. The smallest absolute Gasteiger partial charge is 0.216 e. The molecule has 0 unspecified atom stereocenters. The number of methoxy groups -OCH3 is 1. The van der Waals surface area contributed by atoms with Crippen LogP contribution in [0.2, 0.25) is 0 Å². The molecule has 1 fully saturated rings. The lowest BCUT2D eigenvalue weighted by atomic mass is 9.88. The molecule has 0 aromatic carbocycles. The second-order valence-corrected chi connectivity index (χ2v) is 4.46. The molecule has 4 heteroatoms. The summed E-state index contributed by atoms with van der Waals surface area (Å²) in [6.07, 6.45) is 4.27. The first kappa shape index (κ1) is 12.2. The fraction of sp³-hybridized carbons (Fsp3) is 0.615. The van der Waals surface area contributed by atoms with Crippen molar-refractivity contribution >= 4 is 0 Å². The van der Waals surface area contributed by atoms with Gasteiger partial charge in [-0.15, -0.1) is 0 Å². The Bertz CT molecular complexity index is 348. The number of hydrogen-bond acceptors (Lipinski definition) is 4. The molecule has 0 amide bonds. The molecule has 1 aliphatic carbocycles. The Labute approximate surface area is 102 Å². The lowest BCUT2D eigenvalue weighted by Gasteiger charge is -2.27. The Hall–Kier alpha value is -1.29. The Morgan fingerprint density at radius 2 is 1.94 bits per heavy atom. The second kappa shape index (κ2) is 5.87. The van der Waals surface area contributed by atoms with E-state index in [-0.39, 0.29) is 6.10 Å². The SMILES string of the molecule is COc1cccc(OC2CCC(CO)CC2)n1. The van der Waals surface area contributed by atoms with Crippen molar-refractivity contribution in [3.8, 4) is 11.8 Å². The summed E-state index contributed by atoms with van der Waals surface area (Å²) in [6, 6.07) is 5.52. The Kier molecular flexibility index (Phi) is 4.20. The summed E-state index contributed by atoms with van der Waals surface area (Å²) >= 11 is 0. The first-order chi connectivity index (χ1) is 8.31. The quantitative estimate of drug-likeness (QED) is 0.870. The number of nitrogens with zero attached hydrogens (tertiary/aromatic N) is 1. The van der Waals surface area contributed by atoms with Gasteiger partial charge in [0.05, 0.1) is 7.11 Å². The van der Waals surface area contributed by atoms with Gasteiger partial charge in [0.2, 0.25) is 11.8 Å². The third-order valence-electron chi connectivity index (χ3n) is 3.25. The largest absolute Gasteiger partial charge is 0.481 e. The minimum absolute atomic E-state index is 0.220. The van der Waals surface area contributed by atoms with Crippen molar-refractivity contribution in [2.24, 2.45) is 5.92 Å². The summed E-state index contributed by atoms with van der Waals surface area (Å²) in [6.45, 7) is 0.296. The van der Waals surface area contributed by atoms with Gasteiger partial charge < -0.3 is 14.6 Å². The molecule has 1 heterocycles.